The molecule has 0 amide bonds. The van der Waals surface area contributed by atoms with Gasteiger partial charge in [0.25, 0.3) is 0 Å². The van der Waals surface area contributed by atoms with Crippen LogP contribution >= 0.6 is 16.0 Å². The zero-order valence-corrected chi connectivity index (χ0v) is 5.54. The number of hydrogen-bond donors (Lipinski definition) is 1. The van der Waals surface area contributed by atoms with Gasteiger partial charge in [0.1, 0.15) is 0 Å². The number of rotatable bonds is 0. The Morgan fingerprint density at radius 3 is 2.67 bits per heavy atom. The maximum absolute atomic E-state index is 5.61. The molecule has 0 saturated carbocycles. The van der Waals surface area contributed by atoms with Gasteiger partial charge in [-0.25, -0.2) is 0 Å². The van der Waals surface area contributed by atoms with E-state index in [0.29, 0.717) is 0 Å². The quantitative estimate of drug-likeness (QED) is 0.481. The average molecular weight is 121 g/mol. The van der Waals surface area contributed by atoms with Gasteiger partial charge in [-0.2, -0.15) is 0 Å². The van der Waals surface area contributed by atoms with Crippen molar-refractivity contribution in [2.24, 2.45) is 5.50 Å². The Hall–Kier alpha value is 0.820. The van der Waals surface area contributed by atoms with Crippen LogP contribution in [0.5, 0.6) is 0 Å². The van der Waals surface area contributed by atoms with E-state index in [1.54, 1.807) is 0 Å². The van der Waals surface area contributed by atoms with Crippen molar-refractivity contribution in [3.8, 4) is 0 Å². The zero-order valence-electron chi connectivity index (χ0n) is 3.65. The molecule has 0 aliphatic carbocycles. The molecule has 2 unspecified atom stereocenters. The first-order valence-corrected chi connectivity index (χ1v) is 5.80. The Morgan fingerprint density at radius 1 is 1.67 bits per heavy atom. The standard InChI is InChI=1S/C3H9NP2/c4-6-3-1-2-5-6/h5H,1-4H2. The summed E-state index contributed by atoms with van der Waals surface area (Å²) in [5, 5.41) is 0. The van der Waals surface area contributed by atoms with Crippen LogP contribution in [0.2, 0.25) is 0 Å². The minimum absolute atomic E-state index is 0.0628. The fourth-order valence-corrected chi connectivity index (χ4v) is 4.41. The Balaban J connectivity index is 2.18. The molecule has 0 radical (unpaired) electrons. The minimum Gasteiger partial charge on any atom is -0.306 e. The van der Waals surface area contributed by atoms with Gasteiger partial charge in [-0.3, -0.25) is 0 Å². The maximum atomic E-state index is 5.61. The summed E-state index contributed by atoms with van der Waals surface area (Å²) in [7, 11) is 1.19. The zero-order chi connectivity index (χ0) is 4.41. The Labute approximate surface area is 41.2 Å². The molecule has 0 spiro atoms. The highest BCUT2D eigenvalue weighted by Crippen LogP contribution is 2.54. The summed E-state index contributed by atoms with van der Waals surface area (Å²) in [6.45, 7) is 0. The van der Waals surface area contributed by atoms with E-state index in [1.807, 2.05) is 0 Å². The molecule has 1 heterocycles. The van der Waals surface area contributed by atoms with E-state index in [2.05, 4.69) is 0 Å². The van der Waals surface area contributed by atoms with Crippen LogP contribution in [0.4, 0.5) is 0 Å². The molecule has 3 heteroatoms. The van der Waals surface area contributed by atoms with E-state index in [0.717, 1.165) is 8.27 Å². The van der Waals surface area contributed by atoms with Crippen molar-refractivity contribution in [1.82, 2.24) is 0 Å². The first-order chi connectivity index (χ1) is 2.89. The van der Waals surface area contributed by atoms with E-state index < -0.39 is 0 Å². The van der Waals surface area contributed by atoms with Gasteiger partial charge in [0.15, 0.2) is 0 Å². The fourth-order valence-electron chi connectivity index (χ4n) is 0.551. The van der Waals surface area contributed by atoms with Crippen molar-refractivity contribution in [1.29, 1.82) is 0 Å². The fraction of sp³-hybridized carbons (Fsp3) is 1.00. The second-order valence-electron chi connectivity index (χ2n) is 1.46. The van der Waals surface area contributed by atoms with Crippen LogP contribution in [-0.4, -0.2) is 12.3 Å². The molecule has 0 bridgehead atoms. The maximum Gasteiger partial charge on any atom is -0.0156 e. The van der Waals surface area contributed by atoms with Crippen LogP contribution in [0, 0.1) is 0 Å². The van der Waals surface area contributed by atoms with Crippen LogP contribution in [0.3, 0.4) is 0 Å². The third-order valence-electron chi connectivity index (χ3n) is 0.891. The monoisotopic (exact) mass is 121 g/mol. The highest BCUT2D eigenvalue weighted by molar-refractivity contribution is 8.20. The van der Waals surface area contributed by atoms with Crippen molar-refractivity contribution >= 4 is 16.0 Å². The Bertz CT molecular complexity index is 42.1. The normalized spacial score (nSPS) is 38.5. The first kappa shape index (κ1) is 4.97. The highest BCUT2D eigenvalue weighted by atomic mass is 32.1. The van der Waals surface area contributed by atoms with Gasteiger partial charge in [-0.1, -0.05) is 8.27 Å². The van der Waals surface area contributed by atoms with Gasteiger partial charge in [0.2, 0.25) is 0 Å². The van der Waals surface area contributed by atoms with E-state index in [4.69, 9.17) is 5.50 Å². The molecule has 6 heavy (non-hydrogen) atoms. The smallest absolute Gasteiger partial charge is 0.0156 e. The summed E-state index contributed by atoms with van der Waals surface area (Å²) in [6, 6.07) is 0. The average Bonchev–Trinajstić information content (AvgIpc) is 1.86. The Morgan fingerprint density at radius 2 is 2.50 bits per heavy atom. The van der Waals surface area contributed by atoms with Crippen molar-refractivity contribution in [3.05, 3.63) is 0 Å². The van der Waals surface area contributed by atoms with Gasteiger partial charge in [0, 0.05) is 0 Å². The molecule has 1 aliphatic heterocycles. The minimum atomic E-state index is 0.0628. The third kappa shape index (κ3) is 1.15. The lowest BCUT2D eigenvalue weighted by atomic mass is 10.6. The lowest BCUT2D eigenvalue weighted by Gasteiger charge is -1.93. The topological polar surface area (TPSA) is 26.0 Å². The summed E-state index contributed by atoms with van der Waals surface area (Å²) >= 11 is 0. The number of hydrogen-bond acceptors (Lipinski definition) is 1. The first-order valence-electron chi connectivity index (χ1n) is 2.15. The van der Waals surface area contributed by atoms with Crippen molar-refractivity contribution < 1.29 is 0 Å². The highest BCUT2D eigenvalue weighted by Gasteiger charge is 2.07. The predicted molar refractivity (Wildman–Crippen MR) is 33.8 cm³/mol. The molecular weight excluding hydrogens is 112 g/mol. The van der Waals surface area contributed by atoms with Gasteiger partial charge in [0.05, 0.1) is 0 Å². The second-order valence-corrected chi connectivity index (χ2v) is 6.33. The van der Waals surface area contributed by atoms with E-state index >= 15 is 0 Å². The van der Waals surface area contributed by atoms with E-state index in [-0.39, 0.29) is 7.76 Å². The summed E-state index contributed by atoms with van der Waals surface area (Å²) < 4.78 is 0. The summed E-state index contributed by atoms with van der Waals surface area (Å²) in [4.78, 5) is 0. The van der Waals surface area contributed by atoms with Crippen LogP contribution < -0.4 is 5.50 Å². The molecule has 1 nitrogen and oxygen atoms in total. The van der Waals surface area contributed by atoms with Crippen LogP contribution in [-0.2, 0) is 0 Å². The van der Waals surface area contributed by atoms with Gasteiger partial charge in [-0.15, -0.1) is 0 Å². The van der Waals surface area contributed by atoms with E-state index in [9.17, 15) is 0 Å². The molecule has 1 aliphatic rings. The lowest BCUT2D eigenvalue weighted by Crippen LogP contribution is -1.79. The van der Waals surface area contributed by atoms with E-state index in [1.165, 1.54) is 18.7 Å². The molecule has 0 aromatic rings. The summed E-state index contributed by atoms with van der Waals surface area (Å²) in [5.74, 6) is 0. The molecule has 1 saturated heterocycles. The van der Waals surface area contributed by atoms with Crippen LogP contribution in [0.1, 0.15) is 6.42 Å². The van der Waals surface area contributed by atoms with Gasteiger partial charge in [-0.05, 0) is 26.5 Å². The van der Waals surface area contributed by atoms with Crippen LogP contribution in [0.25, 0.3) is 0 Å². The molecular formula is C3H9NP2. The van der Waals surface area contributed by atoms with Crippen molar-refractivity contribution in [3.63, 3.8) is 0 Å². The van der Waals surface area contributed by atoms with Crippen molar-refractivity contribution in [2.75, 3.05) is 12.3 Å². The molecule has 2 N–H and O–H groups in total. The lowest BCUT2D eigenvalue weighted by molar-refractivity contribution is 1.13. The molecule has 0 aromatic carbocycles. The van der Waals surface area contributed by atoms with Crippen LogP contribution in [0.15, 0.2) is 0 Å². The third-order valence-corrected chi connectivity index (χ3v) is 5.23. The molecule has 0 aromatic heterocycles. The predicted octanol–water partition coefficient (Wildman–Crippen LogP) is 1.34. The molecule has 36 valence electrons. The second kappa shape index (κ2) is 2.21. The number of nitrogens with two attached hydrogens (primary N) is 1. The Kier molecular flexibility index (Phi) is 1.83. The SMILES string of the molecule is NP1CCCP1. The molecule has 1 fully saturated rings. The molecule has 1 rings (SSSR count). The van der Waals surface area contributed by atoms with Crippen molar-refractivity contribution in [2.45, 2.75) is 6.42 Å². The summed E-state index contributed by atoms with van der Waals surface area (Å²) in [6.07, 6.45) is 4.16. The van der Waals surface area contributed by atoms with Gasteiger partial charge < -0.3 is 5.50 Å². The van der Waals surface area contributed by atoms with Gasteiger partial charge >= 0.3 is 0 Å². The largest absolute Gasteiger partial charge is 0.306 e. The molecule has 2 atom stereocenters. The summed E-state index contributed by atoms with van der Waals surface area (Å²) in [5.41, 5.74) is 5.61.